The fourth-order valence-electron chi connectivity index (χ4n) is 3.66. The van der Waals surface area contributed by atoms with Crippen LogP contribution in [0.25, 0.3) is 0 Å². The lowest BCUT2D eigenvalue weighted by molar-refractivity contribution is -0.318. The number of carbonyl (C=O) groups is 1. The van der Waals surface area contributed by atoms with Gasteiger partial charge in [-0.1, -0.05) is 0 Å². The zero-order chi connectivity index (χ0) is 25.2. The van der Waals surface area contributed by atoms with E-state index in [1.807, 2.05) is 0 Å². The molecule has 0 radical (unpaired) electrons. The largest absolute Gasteiger partial charge is 0.508 e. The summed E-state index contributed by atoms with van der Waals surface area (Å²) in [4.78, 5) is 12.0. The van der Waals surface area contributed by atoms with Crippen molar-refractivity contribution in [2.24, 2.45) is 0 Å². The van der Waals surface area contributed by atoms with E-state index in [0.29, 0.717) is 0 Å². The van der Waals surface area contributed by atoms with Crippen LogP contribution in [0.15, 0.2) is 47.1 Å². The van der Waals surface area contributed by atoms with Gasteiger partial charge in [0, 0.05) is 0 Å². The number of phenolic OH excluding ortho intramolecular Hbond substituents is 1. The number of phenols is 1. The highest BCUT2D eigenvalue weighted by Crippen LogP contribution is 2.32. The quantitative estimate of drug-likeness (QED) is 0.230. The van der Waals surface area contributed by atoms with Crippen molar-refractivity contribution in [1.29, 1.82) is 0 Å². The normalized spacial score (nSPS) is 35.1. The van der Waals surface area contributed by atoms with Gasteiger partial charge >= 0.3 is 5.97 Å². The summed E-state index contributed by atoms with van der Waals surface area (Å²) in [5, 5.41) is 61.2. The van der Waals surface area contributed by atoms with Gasteiger partial charge in [0.05, 0.1) is 19.5 Å². The zero-order valence-electron chi connectivity index (χ0n) is 18.2. The highest BCUT2D eigenvalue weighted by Gasteiger charge is 2.54. The van der Waals surface area contributed by atoms with E-state index >= 15 is 0 Å². The number of hydrogen-bond donors (Lipinski definition) is 6. The maximum Gasteiger partial charge on any atom is 0.374 e. The van der Waals surface area contributed by atoms with Crippen LogP contribution in [0, 0.1) is 0 Å². The van der Waals surface area contributed by atoms with Gasteiger partial charge in [-0.25, -0.2) is 4.79 Å². The molecule has 4 rings (SSSR count). The molecule has 13 nitrogen and oxygen atoms in total. The van der Waals surface area contributed by atoms with E-state index in [-0.39, 0.29) is 17.3 Å². The summed E-state index contributed by atoms with van der Waals surface area (Å²) in [6.07, 6.45) is -9.27. The SMILES string of the molecule is O=C(OC[C@@]1(O)CO[C@H](O[C@@H]2[C@@H](Oc3ccc(O)cc3)O[C@@H](CO)[C@H](O)[C@H]2O)[C@H]1O)c1ccco1. The van der Waals surface area contributed by atoms with Crippen molar-refractivity contribution in [2.45, 2.75) is 48.7 Å². The van der Waals surface area contributed by atoms with Crippen LogP contribution in [0.4, 0.5) is 0 Å². The van der Waals surface area contributed by atoms with Crippen LogP contribution in [0.2, 0.25) is 0 Å². The molecule has 13 heteroatoms. The molecule has 1 aromatic carbocycles. The minimum absolute atomic E-state index is 0.0204. The Hall–Kier alpha value is -2.75. The lowest BCUT2D eigenvalue weighted by Gasteiger charge is -2.42. The summed E-state index contributed by atoms with van der Waals surface area (Å²) < 4.78 is 32.1. The van der Waals surface area contributed by atoms with E-state index in [2.05, 4.69) is 0 Å². The van der Waals surface area contributed by atoms with Crippen molar-refractivity contribution in [2.75, 3.05) is 19.8 Å². The number of furan rings is 1. The van der Waals surface area contributed by atoms with Crippen LogP contribution in [0.5, 0.6) is 11.5 Å². The minimum Gasteiger partial charge on any atom is -0.508 e. The van der Waals surface area contributed by atoms with Gasteiger partial charge in [-0.05, 0) is 36.4 Å². The first kappa shape index (κ1) is 25.3. The number of ether oxygens (including phenoxy) is 5. The average molecular weight is 498 g/mol. The molecule has 0 bridgehead atoms. The predicted molar refractivity (Wildman–Crippen MR) is 111 cm³/mol. The van der Waals surface area contributed by atoms with E-state index < -0.39 is 74.5 Å². The molecule has 2 aliphatic rings. The third-order valence-corrected chi connectivity index (χ3v) is 5.69. The number of hydrogen-bond acceptors (Lipinski definition) is 13. The number of esters is 1. The summed E-state index contributed by atoms with van der Waals surface area (Å²) in [7, 11) is 0. The molecule has 2 saturated heterocycles. The Balaban J connectivity index is 1.44. The van der Waals surface area contributed by atoms with Crippen LogP contribution in [-0.4, -0.2) is 105 Å². The molecule has 8 atom stereocenters. The second kappa shape index (κ2) is 10.5. The molecule has 0 unspecified atom stereocenters. The van der Waals surface area contributed by atoms with Gasteiger partial charge in [-0.3, -0.25) is 0 Å². The van der Waals surface area contributed by atoms with Crippen molar-refractivity contribution < 1.29 is 63.5 Å². The van der Waals surface area contributed by atoms with Crippen molar-refractivity contribution >= 4 is 5.97 Å². The standard InChI is InChI=1S/C22H26O13/c23-8-14-15(25)16(26)17(20(34-14)33-12-5-3-11(24)4-6-12)35-21-18(27)22(29,10-32-21)9-31-19(28)13-2-1-7-30-13/h1-7,14-18,20-21,23-27,29H,8-10H2/t14-,15-,16+,17-,18+,20-,21+,22+/m0/s1. The predicted octanol–water partition coefficient (Wildman–Crippen LogP) is -1.51. The molecule has 2 aromatic rings. The third kappa shape index (κ3) is 5.42. The number of aliphatic hydroxyl groups excluding tert-OH is 4. The molecule has 0 spiro atoms. The number of carbonyl (C=O) groups excluding carboxylic acids is 1. The van der Waals surface area contributed by atoms with Crippen molar-refractivity contribution in [3.8, 4) is 11.5 Å². The van der Waals surface area contributed by atoms with Crippen LogP contribution in [0.1, 0.15) is 10.6 Å². The molecule has 192 valence electrons. The highest BCUT2D eigenvalue weighted by molar-refractivity contribution is 5.86. The molecule has 2 aliphatic heterocycles. The first-order chi connectivity index (χ1) is 16.7. The van der Waals surface area contributed by atoms with Crippen LogP contribution < -0.4 is 4.74 Å². The van der Waals surface area contributed by atoms with Gasteiger partial charge in [-0.15, -0.1) is 0 Å². The van der Waals surface area contributed by atoms with Gasteiger partial charge in [0.25, 0.3) is 0 Å². The molecule has 1 aromatic heterocycles. The van der Waals surface area contributed by atoms with E-state index in [4.69, 9.17) is 28.1 Å². The Bertz CT molecular complexity index is 964. The van der Waals surface area contributed by atoms with Gasteiger partial charge in [0.1, 0.15) is 42.5 Å². The Morgan fingerprint density at radius 1 is 1.09 bits per heavy atom. The topological polar surface area (TPSA) is 198 Å². The Kier molecular flexibility index (Phi) is 7.59. The first-order valence-electron chi connectivity index (χ1n) is 10.7. The average Bonchev–Trinajstić information content (AvgIpc) is 3.48. The maximum absolute atomic E-state index is 12.0. The van der Waals surface area contributed by atoms with Crippen LogP contribution in [0.3, 0.4) is 0 Å². The Labute approximate surface area is 198 Å². The Morgan fingerprint density at radius 2 is 1.83 bits per heavy atom. The fourth-order valence-corrected chi connectivity index (χ4v) is 3.66. The molecule has 0 aliphatic carbocycles. The van der Waals surface area contributed by atoms with Gasteiger partial charge in [0.2, 0.25) is 12.1 Å². The molecule has 35 heavy (non-hydrogen) atoms. The van der Waals surface area contributed by atoms with Crippen molar-refractivity contribution in [3.05, 3.63) is 48.4 Å². The van der Waals surface area contributed by atoms with Crippen LogP contribution in [-0.2, 0) is 18.9 Å². The van der Waals surface area contributed by atoms with Gasteiger partial charge < -0.3 is 58.7 Å². The zero-order valence-corrected chi connectivity index (χ0v) is 18.2. The van der Waals surface area contributed by atoms with Crippen LogP contribution >= 0.6 is 0 Å². The molecule has 0 amide bonds. The molecule has 2 fully saturated rings. The second-order valence-electron chi connectivity index (χ2n) is 8.20. The summed E-state index contributed by atoms with van der Waals surface area (Å²) in [5.74, 6) is -0.778. The smallest absolute Gasteiger partial charge is 0.374 e. The van der Waals surface area contributed by atoms with Gasteiger partial charge in [0.15, 0.2) is 18.0 Å². The molecule has 6 N–H and O–H groups in total. The number of rotatable bonds is 8. The maximum atomic E-state index is 12.0. The van der Waals surface area contributed by atoms with E-state index in [0.717, 1.165) is 0 Å². The third-order valence-electron chi connectivity index (χ3n) is 5.69. The number of aliphatic hydroxyl groups is 5. The minimum atomic E-state index is -2.05. The molecule has 3 heterocycles. The summed E-state index contributed by atoms with van der Waals surface area (Å²) >= 11 is 0. The number of benzene rings is 1. The fraction of sp³-hybridized carbons (Fsp3) is 0.500. The number of aromatic hydroxyl groups is 1. The van der Waals surface area contributed by atoms with Gasteiger partial charge in [-0.2, -0.15) is 0 Å². The van der Waals surface area contributed by atoms with Crippen molar-refractivity contribution in [3.63, 3.8) is 0 Å². The van der Waals surface area contributed by atoms with E-state index in [1.165, 1.54) is 42.7 Å². The highest BCUT2D eigenvalue weighted by atomic mass is 16.8. The summed E-state index contributed by atoms with van der Waals surface area (Å²) in [5.41, 5.74) is -2.05. The lowest BCUT2D eigenvalue weighted by atomic mass is 9.98. The van der Waals surface area contributed by atoms with Crippen molar-refractivity contribution in [1.82, 2.24) is 0 Å². The summed E-state index contributed by atoms with van der Waals surface area (Å²) in [6.45, 7) is -1.77. The summed E-state index contributed by atoms with van der Waals surface area (Å²) in [6, 6.07) is 8.35. The molecular formula is C22H26O13. The second-order valence-corrected chi connectivity index (χ2v) is 8.20. The lowest BCUT2D eigenvalue weighted by Crippen LogP contribution is -2.62. The molecule has 0 saturated carbocycles. The monoisotopic (exact) mass is 498 g/mol. The molecular weight excluding hydrogens is 472 g/mol. The Morgan fingerprint density at radius 3 is 2.49 bits per heavy atom. The van der Waals surface area contributed by atoms with E-state index in [9.17, 15) is 35.4 Å². The first-order valence-corrected chi connectivity index (χ1v) is 10.7. The van der Waals surface area contributed by atoms with E-state index in [1.54, 1.807) is 0 Å².